The molecule has 1 aliphatic carbocycles. The second kappa shape index (κ2) is 6.47. The highest BCUT2D eigenvalue weighted by molar-refractivity contribution is 7.89. The number of rotatable bonds is 5. The molecule has 7 nitrogen and oxygen atoms in total. The highest BCUT2D eigenvalue weighted by Crippen LogP contribution is 2.42. The highest BCUT2D eigenvalue weighted by atomic mass is 32.2. The quantitative estimate of drug-likeness (QED) is 0.861. The summed E-state index contributed by atoms with van der Waals surface area (Å²) in [6, 6.07) is 7.51. The molecular formula is C16H18N4O3S2. The van der Waals surface area contributed by atoms with Crippen molar-refractivity contribution in [1.29, 1.82) is 0 Å². The average Bonchev–Trinajstić information content (AvgIpc) is 3.15. The van der Waals surface area contributed by atoms with Gasteiger partial charge in [-0.05, 0) is 37.8 Å². The Balaban J connectivity index is 1.51. The lowest BCUT2D eigenvalue weighted by Crippen LogP contribution is -2.43. The Kier molecular flexibility index (Phi) is 4.30. The summed E-state index contributed by atoms with van der Waals surface area (Å²) in [5.41, 5.74) is 0. The van der Waals surface area contributed by atoms with Gasteiger partial charge in [-0.15, -0.1) is 10.2 Å². The van der Waals surface area contributed by atoms with Crippen molar-refractivity contribution in [3.05, 3.63) is 35.3 Å². The Morgan fingerprint density at radius 2 is 1.92 bits per heavy atom. The van der Waals surface area contributed by atoms with Crippen molar-refractivity contribution in [2.45, 2.75) is 42.5 Å². The lowest BCUT2D eigenvalue weighted by molar-refractivity contribution is -0.119. The molecule has 2 fully saturated rings. The van der Waals surface area contributed by atoms with Gasteiger partial charge in [-0.1, -0.05) is 29.5 Å². The number of nitrogens with zero attached hydrogens (tertiary/aromatic N) is 3. The maximum Gasteiger partial charge on any atom is 0.244 e. The first kappa shape index (κ1) is 16.6. The number of nitrogens with one attached hydrogen (secondary N) is 1. The summed E-state index contributed by atoms with van der Waals surface area (Å²) in [7, 11) is -3.68. The number of hydrogen-bond donors (Lipinski definition) is 1. The van der Waals surface area contributed by atoms with Crippen LogP contribution in [-0.2, 0) is 14.8 Å². The van der Waals surface area contributed by atoms with Crippen molar-refractivity contribution >= 4 is 32.4 Å². The summed E-state index contributed by atoms with van der Waals surface area (Å²) in [6.07, 6.45) is 3.41. The van der Waals surface area contributed by atoms with Crippen LogP contribution in [0.5, 0.6) is 0 Å². The second-order valence-electron chi connectivity index (χ2n) is 6.30. The Labute approximate surface area is 150 Å². The molecule has 0 spiro atoms. The number of amides is 1. The zero-order chi connectivity index (χ0) is 17.4. The molecule has 1 saturated heterocycles. The average molecular weight is 378 g/mol. The molecule has 1 aromatic carbocycles. The number of hydrogen-bond acceptors (Lipinski definition) is 6. The summed E-state index contributed by atoms with van der Waals surface area (Å²) in [5.74, 6) is 0.139. The second-order valence-corrected chi connectivity index (χ2v) is 9.20. The van der Waals surface area contributed by atoms with Crippen molar-refractivity contribution in [3.63, 3.8) is 0 Å². The minimum Gasteiger partial charge on any atom is -0.299 e. The fraction of sp³-hybridized carbons (Fsp3) is 0.438. The molecule has 1 atom stereocenters. The molecule has 132 valence electrons. The van der Waals surface area contributed by atoms with E-state index in [1.165, 1.54) is 15.6 Å². The first-order chi connectivity index (χ1) is 12.1. The molecule has 9 heteroatoms. The number of benzene rings is 1. The lowest BCUT2D eigenvalue weighted by atomic mass is 10.2. The maximum atomic E-state index is 12.8. The van der Waals surface area contributed by atoms with Crippen molar-refractivity contribution < 1.29 is 13.2 Å². The van der Waals surface area contributed by atoms with Crippen LogP contribution in [0.3, 0.4) is 0 Å². The molecule has 1 N–H and O–H groups in total. The van der Waals surface area contributed by atoms with E-state index in [1.807, 2.05) is 0 Å². The fourth-order valence-electron chi connectivity index (χ4n) is 2.99. The summed E-state index contributed by atoms with van der Waals surface area (Å²) >= 11 is 1.37. The monoisotopic (exact) mass is 378 g/mol. The van der Waals surface area contributed by atoms with Crippen molar-refractivity contribution in [2.24, 2.45) is 0 Å². The van der Waals surface area contributed by atoms with Gasteiger partial charge in [0, 0.05) is 12.5 Å². The molecule has 1 saturated carbocycles. The van der Waals surface area contributed by atoms with Gasteiger partial charge in [0.25, 0.3) is 0 Å². The van der Waals surface area contributed by atoms with Crippen LogP contribution in [0.1, 0.15) is 36.6 Å². The molecule has 2 heterocycles. The topological polar surface area (TPSA) is 92.3 Å². The van der Waals surface area contributed by atoms with Crippen LogP contribution in [0, 0.1) is 0 Å². The molecule has 0 bridgehead atoms. The van der Waals surface area contributed by atoms with Gasteiger partial charge in [0.05, 0.1) is 4.90 Å². The van der Waals surface area contributed by atoms with Crippen LogP contribution in [-0.4, -0.2) is 41.4 Å². The summed E-state index contributed by atoms with van der Waals surface area (Å²) in [4.78, 5) is 12.8. The van der Waals surface area contributed by atoms with Crippen LogP contribution in [0.25, 0.3) is 0 Å². The molecule has 1 aromatic heterocycles. The summed E-state index contributed by atoms with van der Waals surface area (Å²) < 4.78 is 26.9. The molecule has 4 rings (SSSR count). The van der Waals surface area contributed by atoms with Gasteiger partial charge in [-0.3, -0.25) is 10.1 Å². The van der Waals surface area contributed by atoms with Gasteiger partial charge in [-0.25, -0.2) is 8.42 Å². The Hall–Kier alpha value is -1.84. The van der Waals surface area contributed by atoms with E-state index in [4.69, 9.17) is 0 Å². The molecule has 25 heavy (non-hydrogen) atoms. The molecule has 2 aromatic rings. The fourth-order valence-corrected chi connectivity index (χ4v) is 5.58. The number of aromatic nitrogens is 2. The standard InChI is InChI=1S/C16H18N4O3S2/c21-14(17-16-19-18-15(24-16)11-8-9-11)13-7-4-10-20(13)25(22,23)12-5-2-1-3-6-12/h1-3,5-6,11,13H,4,7-10H2,(H,17,19,21). The van der Waals surface area contributed by atoms with Crippen LogP contribution in [0.15, 0.2) is 35.2 Å². The van der Waals surface area contributed by atoms with E-state index in [0.29, 0.717) is 30.4 Å². The zero-order valence-corrected chi connectivity index (χ0v) is 15.1. The van der Waals surface area contributed by atoms with E-state index in [-0.39, 0.29) is 10.8 Å². The van der Waals surface area contributed by atoms with E-state index in [1.54, 1.807) is 30.3 Å². The molecule has 1 amide bonds. The van der Waals surface area contributed by atoms with Crippen LogP contribution in [0.4, 0.5) is 5.13 Å². The summed E-state index contributed by atoms with van der Waals surface area (Å²) in [6.45, 7) is 0.346. The molecule has 2 aliphatic rings. The first-order valence-corrected chi connectivity index (χ1v) is 10.5. The number of carbonyl (C=O) groups excluding carboxylic acids is 1. The number of anilines is 1. The number of carbonyl (C=O) groups is 1. The molecule has 0 radical (unpaired) electrons. The van der Waals surface area contributed by atoms with Gasteiger partial charge in [0.1, 0.15) is 11.0 Å². The van der Waals surface area contributed by atoms with Crippen LogP contribution in [0.2, 0.25) is 0 Å². The first-order valence-electron chi connectivity index (χ1n) is 8.27. The minimum absolute atomic E-state index is 0.210. The van der Waals surface area contributed by atoms with Gasteiger partial charge >= 0.3 is 0 Å². The van der Waals surface area contributed by atoms with E-state index in [0.717, 1.165) is 17.8 Å². The van der Waals surface area contributed by atoms with Crippen LogP contribution < -0.4 is 5.32 Å². The smallest absolute Gasteiger partial charge is 0.244 e. The zero-order valence-electron chi connectivity index (χ0n) is 13.5. The van der Waals surface area contributed by atoms with Gasteiger partial charge in [0.2, 0.25) is 21.1 Å². The van der Waals surface area contributed by atoms with E-state index in [9.17, 15) is 13.2 Å². The van der Waals surface area contributed by atoms with Crippen molar-refractivity contribution in [2.75, 3.05) is 11.9 Å². The van der Waals surface area contributed by atoms with Gasteiger partial charge in [0.15, 0.2) is 0 Å². The third-order valence-electron chi connectivity index (χ3n) is 4.45. The maximum absolute atomic E-state index is 12.8. The molecule has 1 aliphatic heterocycles. The van der Waals surface area contributed by atoms with Crippen molar-refractivity contribution in [1.82, 2.24) is 14.5 Å². The van der Waals surface area contributed by atoms with E-state index < -0.39 is 16.1 Å². The Morgan fingerprint density at radius 3 is 2.64 bits per heavy atom. The molecular weight excluding hydrogens is 360 g/mol. The van der Waals surface area contributed by atoms with E-state index >= 15 is 0 Å². The highest BCUT2D eigenvalue weighted by Gasteiger charge is 2.39. The van der Waals surface area contributed by atoms with Crippen LogP contribution >= 0.6 is 11.3 Å². The molecule has 1 unspecified atom stereocenters. The van der Waals surface area contributed by atoms with Gasteiger partial charge in [-0.2, -0.15) is 4.31 Å². The SMILES string of the molecule is O=C(Nc1nnc(C2CC2)s1)C1CCCN1S(=O)(=O)c1ccccc1. The Morgan fingerprint density at radius 1 is 1.16 bits per heavy atom. The number of sulfonamides is 1. The Bertz CT molecular complexity index is 878. The summed E-state index contributed by atoms with van der Waals surface area (Å²) in [5, 5.41) is 12.2. The van der Waals surface area contributed by atoms with Crippen molar-refractivity contribution in [3.8, 4) is 0 Å². The predicted octanol–water partition coefficient (Wildman–Crippen LogP) is 2.21. The largest absolute Gasteiger partial charge is 0.299 e. The minimum atomic E-state index is -3.68. The normalized spacial score (nSPS) is 21.4. The van der Waals surface area contributed by atoms with E-state index in [2.05, 4.69) is 15.5 Å². The predicted molar refractivity (Wildman–Crippen MR) is 93.9 cm³/mol. The van der Waals surface area contributed by atoms with Gasteiger partial charge < -0.3 is 0 Å². The lowest BCUT2D eigenvalue weighted by Gasteiger charge is -2.22. The third kappa shape index (κ3) is 3.31. The third-order valence-corrected chi connectivity index (χ3v) is 7.38.